The van der Waals surface area contributed by atoms with Crippen molar-refractivity contribution in [3.8, 4) is 0 Å². The van der Waals surface area contributed by atoms with Crippen molar-refractivity contribution in [3.05, 3.63) is 65.7 Å². The van der Waals surface area contributed by atoms with Crippen LogP contribution in [0.1, 0.15) is 31.9 Å². The van der Waals surface area contributed by atoms with E-state index in [0.717, 1.165) is 21.7 Å². The Kier molecular flexibility index (Phi) is 8.83. The number of carbonyl (C=O) groups excluding carboxylic acids is 2. The maximum atomic E-state index is 13.4. The van der Waals surface area contributed by atoms with Crippen molar-refractivity contribution in [3.63, 3.8) is 0 Å². The first kappa shape index (κ1) is 25.4. The van der Waals surface area contributed by atoms with E-state index in [0.29, 0.717) is 12.2 Å². The van der Waals surface area contributed by atoms with Crippen LogP contribution in [0.5, 0.6) is 0 Å². The Labute approximate surface area is 191 Å². The van der Waals surface area contributed by atoms with E-state index in [1.54, 1.807) is 25.1 Å². The molecule has 0 aliphatic rings. The smallest absolute Gasteiger partial charge is 0.244 e. The average Bonchev–Trinajstić information content (AvgIpc) is 2.73. The Bertz CT molecular complexity index is 1020. The zero-order chi connectivity index (χ0) is 23.9. The van der Waals surface area contributed by atoms with Crippen molar-refractivity contribution in [1.82, 2.24) is 10.2 Å². The molecule has 0 radical (unpaired) electrons. The van der Waals surface area contributed by atoms with Gasteiger partial charge in [0.05, 0.1) is 11.9 Å². The lowest BCUT2D eigenvalue weighted by molar-refractivity contribution is -0.139. The minimum atomic E-state index is -3.72. The highest BCUT2D eigenvalue weighted by Crippen LogP contribution is 2.20. The molecule has 0 aromatic heterocycles. The first-order valence-electron chi connectivity index (χ1n) is 10.6. The molecular formula is C24H33N3O4S. The first-order chi connectivity index (χ1) is 15.0. The summed E-state index contributed by atoms with van der Waals surface area (Å²) < 4.78 is 26.1. The first-order valence-corrected chi connectivity index (χ1v) is 12.5. The zero-order valence-electron chi connectivity index (χ0n) is 19.4. The topological polar surface area (TPSA) is 86.8 Å². The Morgan fingerprint density at radius 2 is 1.66 bits per heavy atom. The molecule has 0 aliphatic heterocycles. The lowest BCUT2D eigenvalue weighted by Crippen LogP contribution is -2.51. The average molecular weight is 460 g/mol. The molecule has 0 fully saturated rings. The molecule has 32 heavy (non-hydrogen) atoms. The van der Waals surface area contributed by atoms with E-state index in [4.69, 9.17) is 0 Å². The standard InChI is InChI=1S/C24H33N3O4S/c1-18(2)15-25-24(29)20(4)26(16-21-11-7-6-8-12-21)23(28)17-27(32(5,30)31)22-13-9-10-19(3)14-22/h6-14,18,20H,15-17H2,1-5H3,(H,25,29). The van der Waals surface area contributed by atoms with E-state index in [1.807, 2.05) is 57.2 Å². The summed E-state index contributed by atoms with van der Waals surface area (Å²) in [6.07, 6.45) is 1.07. The predicted molar refractivity (Wildman–Crippen MR) is 128 cm³/mol. The Hall–Kier alpha value is -2.87. The third-order valence-corrected chi connectivity index (χ3v) is 6.16. The van der Waals surface area contributed by atoms with Crippen LogP contribution in [0.2, 0.25) is 0 Å². The molecule has 1 unspecified atom stereocenters. The quantitative estimate of drug-likeness (QED) is 0.592. The third-order valence-electron chi connectivity index (χ3n) is 5.02. The van der Waals surface area contributed by atoms with Crippen molar-refractivity contribution in [2.75, 3.05) is 23.7 Å². The van der Waals surface area contributed by atoms with Gasteiger partial charge in [-0.05, 0) is 43.0 Å². The molecule has 2 aromatic carbocycles. The lowest BCUT2D eigenvalue weighted by atomic mass is 10.1. The van der Waals surface area contributed by atoms with Crippen LogP contribution < -0.4 is 9.62 Å². The summed E-state index contributed by atoms with van der Waals surface area (Å²) in [5, 5.41) is 2.86. The van der Waals surface area contributed by atoms with Crippen molar-refractivity contribution in [2.45, 2.75) is 40.3 Å². The monoisotopic (exact) mass is 459 g/mol. The number of amides is 2. The number of benzene rings is 2. The summed E-state index contributed by atoms with van der Waals surface area (Å²) in [6, 6.07) is 15.5. The number of hydrogen-bond donors (Lipinski definition) is 1. The molecule has 0 saturated heterocycles. The summed E-state index contributed by atoms with van der Waals surface area (Å²) >= 11 is 0. The van der Waals surface area contributed by atoms with Crippen LogP contribution in [0.15, 0.2) is 54.6 Å². The summed E-state index contributed by atoms with van der Waals surface area (Å²) in [5.41, 5.74) is 2.15. The van der Waals surface area contributed by atoms with E-state index in [2.05, 4.69) is 5.32 Å². The van der Waals surface area contributed by atoms with Crippen molar-refractivity contribution in [2.24, 2.45) is 5.92 Å². The number of nitrogens with one attached hydrogen (secondary N) is 1. The van der Waals surface area contributed by atoms with Gasteiger partial charge < -0.3 is 10.2 Å². The van der Waals surface area contributed by atoms with Gasteiger partial charge in [-0.2, -0.15) is 0 Å². The molecule has 1 atom stereocenters. The maximum Gasteiger partial charge on any atom is 0.244 e. The van der Waals surface area contributed by atoms with Gasteiger partial charge in [0.1, 0.15) is 12.6 Å². The molecule has 2 amide bonds. The Morgan fingerprint density at radius 1 is 1.00 bits per heavy atom. The Morgan fingerprint density at radius 3 is 2.22 bits per heavy atom. The molecule has 0 heterocycles. The van der Waals surface area contributed by atoms with E-state index >= 15 is 0 Å². The number of rotatable bonds is 10. The van der Waals surface area contributed by atoms with E-state index in [9.17, 15) is 18.0 Å². The summed E-state index contributed by atoms with van der Waals surface area (Å²) in [7, 11) is -3.72. The van der Waals surface area contributed by atoms with Crippen LogP contribution in [-0.4, -0.2) is 50.5 Å². The molecule has 7 nitrogen and oxygen atoms in total. The van der Waals surface area contributed by atoms with Crippen LogP contribution >= 0.6 is 0 Å². The molecule has 2 rings (SSSR count). The van der Waals surface area contributed by atoms with Crippen molar-refractivity contribution >= 4 is 27.5 Å². The highest BCUT2D eigenvalue weighted by atomic mass is 32.2. The minimum Gasteiger partial charge on any atom is -0.354 e. The van der Waals surface area contributed by atoms with Gasteiger partial charge in [0.25, 0.3) is 0 Å². The van der Waals surface area contributed by atoms with Gasteiger partial charge in [0, 0.05) is 13.1 Å². The van der Waals surface area contributed by atoms with Crippen molar-refractivity contribution in [1.29, 1.82) is 0 Å². The van der Waals surface area contributed by atoms with Gasteiger partial charge in [0.2, 0.25) is 21.8 Å². The number of carbonyl (C=O) groups is 2. The molecule has 8 heteroatoms. The van der Waals surface area contributed by atoms with E-state index in [1.165, 1.54) is 4.90 Å². The van der Waals surface area contributed by atoms with E-state index < -0.39 is 28.5 Å². The van der Waals surface area contributed by atoms with Gasteiger partial charge in [-0.15, -0.1) is 0 Å². The van der Waals surface area contributed by atoms with Gasteiger partial charge in [0.15, 0.2) is 0 Å². The largest absolute Gasteiger partial charge is 0.354 e. The number of nitrogens with zero attached hydrogens (tertiary/aromatic N) is 2. The maximum absolute atomic E-state index is 13.4. The second kappa shape index (κ2) is 11.1. The fourth-order valence-electron chi connectivity index (χ4n) is 3.21. The second-order valence-electron chi connectivity index (χ2n) is 8.43. The minimum absolute atomic E-state index is 0.196. The molecule has 0 aliphatic carbocycles. The molecule has 0 bridgehead atoms. The third kappa shape index (κ3) is 7.37. The highest BCUT2D eigenvalue weighted by molar-refractivity contribution is 7.92. The molecule has 0 spiro atoms. The SMILES string of the molecule is Cc1cccc(N(CC(=O)N(Cc2ccccc2)C(C)C(=O)NCC(C)C)S(C)(=O)=O)c1. The lowest BCUT2D eigenvalue weighted by Gasteiger charge is -2.31. The molecule has 1 N–H and O–H groups in total. The molecular weight excluding hydrogens is 426 g/mol. The van der Waals surface area contributed by atoms with Crippen LogP contribution in [0.25, 0.3) is 0 Å². The van der Waals surface area contributed by atoms with Gasteiger partial charge in [-0.25, -0.2) is 8.42 Å². The van der Waals surface area contributed by atoms with E-state index in [-0.39, 0.29) is 18.4 Å². The molecule has 0 saturated carbocycles. The summed E-state index contributed by atoms with van der Waals surface area (Å²) in [5.74, 6) is -0.455. The number of sulfonamides is 1. The second-order valence-corrected chi connectivity index (χ2v) is 10.3. The molecule has 2 aromatic rings. The van der Waals surface area contributed by atoms with Crippen molar-refractivity contribution < 1.29 is 18.0 Å². The van der Waals surface area contributed by atoms with Gasteiger partial charge >= 0.3 is 0 Å². The number of anilines is 1. The summed E-state index contributed by atoms with van der Waals surface area (Å²) in [6.45, 7) is 7.80. The van der Waals surface area contributed by atoms with Gasteiger partial charge in [-0.3, -0.25) is 13.9 Å². The number of aryl methyl sites for hydroxylation is 1. The van der Waals surface area contributed by atoms with Crippen LogP contribution in [-0.2, 0) is 26.2 Å². The normalized spacial score (nSPS) is 12.3. The zero-order valence-corrected chi connectivity index (χ0v) is 20.2. The van der Waals surface area contributed by atoms with Crippen LogP contribution in [0, 0.1) is 12.8 Å². The fraction of sp³-hybridized carbons (Fsp3) is 0.417. The number of hydrogen-bond acceptors (Lipinski definition) is 4. The molecule has 174 valence electrons. The summed E-state index contributed by atoms with van der Waals surface area (Å²) in [4.78, 5) is 27.6. The highest BCUT2D eigenvalue weighted by Gasteiger charge is 2.30. The van der Waals surface area contributed by atoms with Gasteiger partial charge in [-0.1, -0.05) is 56.3 Å². The van der Waals surface area contributed by atoms with Crippen LogP contribution in [0.3, 0.4) is 0 Å². The predicted octanol–water partition coefficient (Wildman–Crippen LogP) is 2.95. The fourth-order valence-corrected chi connectivity index (χ4v) is 4.05. The Balaban J connectivity index is 2.33. The van der Waals surface area contributed by atoms with Crippen LogP contribution in [0.4, 0.5) is 5.69 Å².